The summed E-state index contributed by atoms with van der Waals surface area (Å²) in [7, 11) is -1.81. The van der Waals surface area contributed by atoms with Crippen molar-refractivity contribution in [1.82, 2.24) is 9.71 Å². The third kappa shape index (κ3) is 2.76. The molecule has 5 nitrogen and oxygen atoms in total. The van der Waals surface area contributed by atoms with Crippen LogP contribution in [0, 0.1) is 5.41 Å². The first kappa shape index (κ1) is 12.3. The molecule has 0 bridgehead atoms. The van der Waals surface area contributed by atoms with Gasteiger partial charge in [-0.15, -0.1) is 0 Å². The van der Waals surface area contributed by atoms with E-state index in [2.05, 4.69) is 21.9 Å². The van der Waals surface area contributed by atoms with Gasteiger partial charge < -0.3 is 5.32 Å². The van der Waals surface area contributed by atoms with E-state index in [1.807, 2.05) is 0 Å². The normalized spacial score (nSPS) is 17.8. The fourth-order valence-electron chi connectivity index (χ4n) is 1.53. The predicted molar refractivity (Wildman–Crippen MR) is 66.3 cm³/mol. The first-order chi connectivity index (χ1) is 7.97. The van der Waals surface area contributed by atoms with Crippen molar-refractivity contribution in [2.24, 2.45) is 5.41 Å². The van der Waals surface area contributed by atoms with Gasteiger partial charge in [0.15, 0.2) is 0 Å². The summed E-state index contributed by atoms with van der Waals surface area (Å²) in [4.78, 5) is 4.19. The maximum absolute atomic E-state index is 12.1. The topological polar surface area (TPSA) is 71.1 Å². The van der Waals surface area contributed by atoms with Crippen LogP contribution in [0.1, 0.15) is 19.8 Å². The summed E-state index contributed by atoms with van der Waals surface area (Å²) in [5.74, 6) is 0.376. The summed E-state index contributed by atoms with van der Waals surface area (Å²) >= 11 is 0. The smallest absolute Gasteiger partial charge is 0.244 e. The SMILES string of the molecule is CNc1ncccc1S(=O)(=O)NCC1(C)CC1. The highest BCUT2D eigenvalue weighted by Crippen LogP contribution is 2.44. The zero-order valence-corrected chi connectivity index (χ0v) is 10.8. The Kier molecular flexibility index (Phi) is 3.09. The molecule has 1 aromatic heterocycles. The summed E-state index contributed by atoms with van der Waals surface area (Å²) in [5, 5.41) is 2.78. The molecule has 94 valence electrons. The highest BCUT2D eigenvalue weighted by Gasteiger charge is 2.38. The Balaban J connectivity index is 2.18. The van der Waals surface area contributed by atoms with Crippen molar-refractivity contribution in [3.8, 4) is 0 Å². The molecule has 0 aromatic carbocycles. The van der Waals surface area contributed by atoms with Crippen molar-refractivity contribution >= 4 is 15.8 Å². The molecule has 2 N–H and O–H groups in total. The number of hydrogen-bond acceptors (Lipinski definition) is 4. The molecule has 1 aliphatic carbocycles. The molecule has 0 aliphatic heterocycles. The van der Waals surface area contributed by atoms with E-state index in [1.54, 1.807) is 25.4 Å². The fraction of sp³-hybridized carbons (Fsp3) is 0.545. The fourth-order valence-corrected chi connectivity index (χ4v) is 2.89. The van der Waals surface area contributed by atoms with Crippen LogP contribution < -0.4 is 10.0 Å². The molecule has 1 fully saturated rings. The third-order valence-corrected chi connectivity index (χ3v) is 4.52. The maximum atomic E-state index is 12.1. The number of anilines is 1. The number of pyridine rings is 1. The Morgan fingerprint density at radius 3 is 2.76 bits per heavy atom. The highest BCUT2D eigenvalue weighted by atomic mass is 32.2. The number of nitrogens with zero attached hydrogens (tertiary/aromatic N) is 1. The van der Waals surface area contributed by atoms with Crippen LogP contribution >= 0.6 is 0 Å². The van der Waals surface area contributed by atoms with Crippen LogP contribution in [0.4, 0.5) is 5.82 Å². The minimum atomic E-state index is -3.47. The van der Waals surface area contributed by atoms with E-state index in [0.29, 0.717) is 12.4 Å². The Labute approximate surface area is 102 Å². The lowest BCUT2D eigenvalue weighted by molar-refractivity contribution is 0.530. The zero-order valence-electron chi connectivity index (χ0n) is 10.0. The Morgan fingerprint density at radius 2 is 2.18 bits per heavy atom. The van der Waals surface area contributed by atoms with E-state index in [-0.39, 0.29) is 10.3 Å². The molecule has 1 aromatic rings. The van der Waals surface area contributed by atoms with Gasteiger partial charge in [0.2, 0.25) is 10.0 Å². The van der Waals surface area contributed by atoms with Gasteiger partial charge in [-0.1, -0.05) is 6.92 Å². The number of aromatic nitrogens is 1. The lowest BCUT2D eigenvalue weighted by Crippen LogP contribution is -2.29. The average Bonchev–Trinajstić information content (AvgIpc) is 3.06. The summed E-state index contributed by atoms with van der Waals surface area (Å²) in [6, 6.07) is 3.17. The van der Waals surface area contributed by atoms with Crippen molar-refractivity contribution in [1.29, 1.82) is 0 Å². The van der Waals surface area contributed by atoms with E-state index in [4.69, 9.17) is 0 Å². The van der Waals surface area contributed by atoms with E-state index < -0.39 is 10.0 Å². The standard InChI is InChI=1S/C11H17N3O2S/c1-11(5-6-11)8-14-17(15,16)9-4-3-7-13-10(9)12-2/h3-4,7,14H,5-6,8H2,1-2H3,(H,12,13). The number of sulfonamides is 1. The first-order valence-corrected chi connectivity index (χ1v) is 7.08. The van der Waals surface area contributed by atoms with E-state index >= 15 is 0 Å². The van der Waals surface area contributed by atoms with Crippen LogP contribution in [0.5, 0.6) is 0 Å². The first-order valence-electron chi connectivity index (χ1n) is 5.59. The minimum Gasteiger partial charge on any atom is -0.372 e. The zero-order chi connectivity index (χ0) is 12.5. The summed E-state index contributed by atoms with van der Waals surface area (Å²) in [6.07, 6.45) is 3.73. The molecule has 0 radical (unpaired) electrons. The minimum absolute atomic E-state index is 0.148. The van der Waals surface area contributed by atoms with E-state index in [0.717, 1.165) is 12.8 Å². The van der Waals surface area contributed by atoms with Crippen LogP contribution in [0.25, 0.3) is 0 Å². The van der Waals surface area contributed by atoms with Gasteiger partial charge >= 0.3 is 0 Å². The molecular weight excluding hydrogens is 238 g/mol. The molecule has 0 unspecified atom stereocenters. The molecule has 0 amide bonds. The lowest BCUT2D eigenvalue weighted by atomic mass is 10.2. The molecular formula is C11H17N3O2S. The summed E-state index contributed by atoms with van der Waals surface area (Å²) in [5.41, 5.74) is 0.148. The molecule has 1 aliphatic rings. The Morgan fingerprint density at radius 1 is 1.47 bits per heavy atom. The van der Waals surface area contributed by atoms with Gasteiger partial charge in [0.05, 0.1) is 0 Å². The molecule has 1 saturated carbocycles. The van der Waals surface area contributed by atoms with Gasteiger partial charge in [0.1, 0.15) is 10.7 Å². The van der Waals surface area contributed by atoms with Crippen LogP contribution in [-0.2, 0) is 10.0 Å². The molecule has 1 heterocycles. The van der Waals surface area contributed by atoms with Gasteiger partial charge in [-0.25, -0.2) is 18.1 Å². The largest absolute Gasteiger partial charge is 0.372 e. The average molecular weight is 255 g/mol. The van der Waals surface area contributed by atoms with Crippen LogP contribution in [0.3, 0.4) is 0 Å². The number of nitrogens with one attached hydrogen (secondary N) is 2. The summed E-state index contributed by atoms with van der Waals surface area (Å²) in [6.45, 7) is 2.57. The maximum Gasteiger partial charge on any atom is 0.244 e. The number of hydrogen-bond donors (Lipinski definition) is 2. The monoisotopic (exact) mass is 255 g/mol. The second kappa shape index (κ2) is 4.27. The van der Waals surface area contributed by atoms with E-state index in [9.17, 15) is 8.42 Å². The van der Waals surface area contributed by atoms with Crippen LogP contribution in [0.2, 0.25) is 0 Å². The van der Waals surface area contributed by atoms with Crippen LogP contribution in [-0.4, -0.2) is 27.0 Å². The highest BCUT2D eigenvalue weighted by molar-refractivity contribution is 7.89. The molecule has 0 saturated heterocycles. The van der Waals surface area contributed by atoms with Crippen molar-refractivity contribution in [3.63, 3.8) is 0 Å². The molecule has 2 rings (SSSR count). The van der Waals surface area contributed by atoms with Gasteiger partial charge in [-0.3, -0.25) is 0 Å². The molecule has 0 atom stereocenters. The van der Waals surface area contributed by atoms with Gasteiger partial charge in [0.25, 0.3) is 0 Å². The van der Waals surface area contributed by atoms with Gasteiger partial charge in [0, 0.05) is 19.8 Å². The third-order valence-electron chi connectivity index (χ3n) is 3.09. The van der Waals surface area contributed by atoms with Crippen molar-refractivity contribution in [2.45, 2.75) is 24.7 Å². The van der Waals surface area contributed by atoms with Crippen molar-refractivity contribution in [3.05, 3.63) is 18.3 Å². The quantitative estimate of drug-likeness (QED) is 0.829. The second-order valence-corrected chi connectivity index (χ2v) is 6.47. The lowest BCUT2D eigenvalue weighted by Gasteiger charge is -2.12. The molecule has 17 heavy (non-hydrogen) atoms. The Hall–Kier alpha value is -1.14. The predicted octanol–water partition coefficient (Wildman–Crippen LogP) is 1.20. The van der Waals surface area contributed by atoms with Crippen LogP contribution in [0.15, 0.2) is 23.2 Å². The summed E-state index contributed by atoms with van der Waals surface area (Å²) < 4.78 is 26.8. The van der Waals surface area contributed by atoms with Crippen molar-refractivity contribution in [2.75, 3.05) is 18.9 Å². The van der Waals surface area contributed by atoms with Crippen molar-refractivity contribution < 1.29 is 8.42 Å². The van der Waals surface area contributed by atoms with E-state index in [1.165, 1.54) is 0 Å². The molecule has 6 heteroatoms. The van der Waals surface area contributed by atoms with Gasteiger partial charge in [-0.05, 0) is 30.4 Å². The van der Waals surface area contributed by atoms with Gasteiger partial charge in [-0.2, -0.15) is 0 Å². The Bertz CT molecular complexity index is 509. The second-order valence-electron chi connectivity index (χ2n) is 4.74. The molecule has 0 spiro atoms. The number of rotatable bonds is 5.